The van der Waals surface area contributed by atoms with Crippen LogP contribution < -0.4 is 15.1 Å². The van der Waals surface area contributed by atoms with Crippen molar-refractivity contribution >= 4 is 34.6 Å². The van der Waals surface area contributed by atoms with E-state index in [-0.39, 0.29) is 17.2 Å². The van der Waals surface area contributed by atoms with E-state index in [0.29, 0.717) is 43.1 Å². The van der Waals surface area contributed by atoms with Crippen molar-refractivity contribution in [1.82, 2.24) is 4.90 Å². The van der Waals surface area contributed by atoms with E-state index in [2.05, 4.69) is 10.2 Å². The number of hydrogen-bond acceptors (Lipinski definition) is 6. The van der Waals surface area contributed by atoms with Gasteiger partial charge in [0.05, 0.1) is 16.3 Å². The minimum Gasteiger partial charge on any atom is -0.366 e. The molecular weight excluding hydrogens is 470 g/mol. The molecule has 0 saturated carbocycles. The van der Waals surface area contributed by atoms with Crippen molar-refractivity contribution in [3.8, 4) is 0 Å². The summed E-state index contributed by atoms with van der Waals surface area (Å²) >= 11 is 0. The molecule has 0 bridgehead atoms. The third-order valence-electron chi connectivity index (χ3n) is 6.96. The Morgan fingerprint density at radius 1 is 0.730 bits per heavy atom. The van der Waals surface area contributed by atoms with Gasteiger partial charge in [-0.1, -0.05) is 30.3 Å². The third kappa shape index (κ3) is 5.25. The van der Waals surface area contributed by atoms with Gasteiger partial charge in [0, 0.05) is 56.5 Å². The number of carbonyl (C=O) groups excluding carboxylic acids is 2. The van der Waals surface area contributed by atoms with Crippen LogP contribution in [0.2, 0.25) is 0 Å². The van der Waals surface area contributed by atoms with Crippen molar-refractivity contribution < 1.29 is 14.5 Å². The van der Waals surface area contributed by atoms with E-state index < -0.39 is 10.8 Å². The third-order valence-corrected chi connectivity index (χ3v) is 6.96. The predicted octanol–water partition coefficient (Wildman–Crippen LogP) is 4.41. The maximum absolute atomic E-state index is 13.1. The summed E-state index contributed by atoms with van der Waals surface area (Å²) in [6, 6.07) is 21.4. The number of nitrogens with one attached hydrogen (secondary N) is 1. The summed E-state index contributed by atoms with van der Waals surface area (Å²) in [5, 5.41) is 14.7. The lowest BCUT2D eigenvalue weighted by Gasteiger charge is -2.37. The molecule has 3 aromatic rings. The van der Waals surface area contributed by atoms with Gasteiger partial charge in [0.2, 0.25) is 0 Å². The van der Waals surface area contributed by atoms with E-state index in [1.165, 1.54) is 6.07 Å². The van der Waals surface area contributed by atoms with Gasteiger partial charge in [-0.2, -0.15) is 0 Å². The second-order valence-electron chi connectivity index (χ2n) is 9.27. The lowest BCUT2D eigenvalue weighted by atomic mass is 10.1. The molecule has 2 aliphatic heterocycles. The monoisotopic (exact) mass is 499 g/mol. The highest BCUT2D eigenvalue weighted by Gasteiger charge is 2.26. The molecule has 2 amide bonds. The Bertz CT molecular complexity index is 1300. The van der Waals surface area contributed by atoms with Crippen LogP contribution in [0, 0.1) is 10.1 Å². The quantitative estimate of drug-likeness (QED) is 0.399. The molecule has 0 atom stereocenters. The number of nitro benzene ring substituents is 1. The van der Waals surface area contributed by atoms with E-state index in [4.69, 9.17) is 0 Å². The molecule has 190 valence electrons. The van der Waals surface area contributed by atoms with Crippen LogP contribution in [0.25, 0.3) is 0 Å². The van der Waals surface area contributed by atoms with Gasteiger partial charge in [-0.25, -0.2) is 0 Å². The van der Waals surface area contributed by atoms with Gasteiger partial charge in [-0.05, 0) is 49.2 Å². The van der Waals surface area contributed by atoms with Crippen molar-refractivity contribution in [2.24, 2.45) is 0 Å². The fourth-order valence-electron chi connectivity index (χ4n) is 5.00. The fourth-order valence-corrected chi connectivity index (χ4v) is 5.00. The van der Waals surface area contributed by atoms with Crippen molar-refractivity contribution in [1.29, 1.82) is 0 Å². The summed E-state index contributed by atoms with van der Waals surface area (Å²) in [6.07, 6.45) is 2.01. The van der Waals surface area contributed by atoms with Crippen LogP contribution in [0.4, 0.5) is 22.7 Å². The molecule has 1 N–H and O–H groups in total. The molecule has 2 heterocycles. The van der Waals surface area contributed by atoms with Crippen LogP contribution >= 0.6 is 0 Å². The zero-order chi connectivity index (χ0) is 25.8. The minimum absolute atomic E-state index is 0.0146. The molecule has 0 aliphatic carbocycles. The molecule has 37 heavy (non-hydrogen) atoms. The van der Waals surface area contributed by atoms with Gasteiger partial charge < -0.3 is 20.0 Å². The first kappa shape index (κ1) is 24.3. The van der Waals surface area contributed by atoms with Crippen LogP contribution in [0.3, 0.4) is 0 Å². The smallest absolute Gasteiger partial charge is 0.293 e. The molecule has 5 rings (SSSR count). The SMILES string of the molecule is O=C(Nc1ccccc1N1CCN(C(=O)c2ccccc2)CC1)c1ccc(N2CCCC2)c([N+](=O)[O-])c1. The number of piperazine rings is 1. The normalized spacial score (nSPS) is 15.5. The number of nitrogens with zero attached hydrogens (tertiary/aromatic N) is 4. The summed E-state index contributed by atoms with van der Waals surface area (Å²) in [5.74, 6) is -0.387. The first-order valence-corrected chi connectivity index (χ1v) is 12.5. The summed E-state index contributed by atoms with van der Waals surface area (Å²) in [6.45, 7) is 3.96. The highest BCUT2D eigenvalue weighted by molar-refractivity contribution is 6.06. The first-order valence-electron chi connectivity index (χ1n) is 12.5. The lowest BCUT2D eigenvalue weighted by Crippen LogP contribution is -2.49. The Morgan fingerprint density at radius 2 is 1.38 bits per heavy atom. The molecule has 0 radical (unpaired) electrons. The van der Waals surface area contributed by atoms with Crippen LogP contribution in [-0.2, 0) is 0 Å². The van der Waals surface area contributed by atoms with E-state index in [9.17, 15) is 19.7 Å². The molecule has 2 fully saturated rings. The van der Waals surface area contributed by atoms with Gasteiger partial charge in [-0.3, -0.25) is 19.7 Å². The maximum atomic E-state index is 13.1. The van der Waals surface area contributed by atoms with Crippen molar-refractivity contribution in [3.63, 3.8) is 0 Å². The lowest BCUT2D eigenvalue weighted by molar-refractivity contribution is -0.384. The van der Waals surface area contributed by atoms with Gasteiger partial charge in [0.15, 0.2) is 0 Å². The molecule has 0 unspecified atom stereocenters. The average Bonchev–Trinajstić information content (AvgIpc) is 3.48. The highest BCUT2D eigenvalue weighted by Crippen LogP contribution is 2.33. The van der Waals surface area contributed by atoms with Crippen LogP contribution in [0.5, 0.6) is 0 Å². The number of para-hydroxylation sites is 2. The number of nitro groups is 1. The van der Waals surface area contributed by atoms with E-state index in [0.717, 1.165) is 31.6 Å². The van der Waals surface area contributed by atoms with E-state index >= 15 is 0 Å². The molecule has 0 aromatic heterocycles. The van der Waals surface area contributed by atoms with Crippen LogP contribution in [0.15, 0.2) is 72.8 Å². The molecule has 2 saturated heterocycles. The standard InChI is InChI=1S/C28H29N5O4/c34-27(22-12-13-25(26(20-22)33(36)37)30-14-6-7-15-30)29-23-10-4-5-11-24(23)31-16-18-32(19-17-31)28(35)21-8-2-1-3-9-21/h1-5,8-13,20H,6-7,14-19H2,(H,29,34). The van der Waals surface area contributed by atoms with Crippen LogP contribution in [-0.4, -0.2) is 60.9 Å². The van der Waals surface area contributed by atoms with Crippen molar-refractivity contribution in [2.45, 2.75) is 12.8 Å². The largest absolute Gasteiger partial charge is 0.366 e. The Kier molecular flexibility index (Phi) is 7.02. The Balaban J connectivity index is 1.29. The summed E-state index contributed by atoms with van der Waals surface area (Å²) in [7, 11) is 0. The number of benzene rings is 3. The Hall–Kier alpha value is -4.40. The summed E-state index contributed by atoms with van der Waals surface area (Å²) in [4.78, 5) is 43.2. The van der Waals surface area contributed by atoms with Gasteiger partial charge in [0.1, 0.15) is 5.69 Å². The summed E-state index contributed by atoms with van der Waals surface area (Å²) < 4.78 is 0. The maximum Gasteiger partial charge on any atom is 0.293 e. The average molecular weight is 500 g/mol. The zero-order valence-corrected chi connectivity index (χ0v) is 20.5. The van der Waals surface area contributed by atoms with Gasteiger partial charge in [-0.15, -0.1) is 0 Å². The zero-order valence-electron chi connectivity index (χ0n) is 20.5. The predicted molar refractivity (Wildman–Crippen MR) is 143 cm³/mol. The second-order valence-corrected chi connectivity index (χ2v) is 9.27. The fraction of sp³-hybridized carbons (Fsp3) is 0.286. The van der Waals surface area contributed by atoms with Gasteiger partial charge in [0.25, 0.3) is 17.5 Å². The molecule has 3 aromatic carbocycles. The Morgan fingerprint density at radius 3 is 2.08 bits per heavy atom. The minimum atomic E-state index is -0.422. The number of carbonyl (C=O) groups is 2. The molecular formula is C28H29N5O4. The van der Waals surface area contributed by atoms with Crippen LogP contribution in [0.1, 0.15) is 33.6 Å². The Labute approximate surface area is 215 Å². The number of hydrogen-bond donors (Lipinski definition) is 1. The number of rotatable bonds is 6. The number of amides is 2. The topological polar surface area (TPSA) is 99.0 Å². The van der Waals surface area contributed by atoms with Crippen molar-refractivity contribution in [2.75, 3.05) is 54.4 Å². The number of anilines is 3. The molecule has 9 heteroatoms. The molecule has 2 aliphatic rings. The first-order chi connectivity index (χ1) is 18.0. The van der Waals surface area contributed by atoms with Gasteiger partial charge >= 0.3 is 0 Å². The van der Waals surface area contributed by atoms with E-state index in [1.807, 2.05) is 64.4 Å². The molecule has 0 spiro atoms. The second kappa shape index (κ2) is 10.7. The van der Waals surface area contributed by atoms with Crippen molar-refractivity contribution in [3.05, 3.63) is 94.0 Å². The molecule has 9 nitrogen and oxygen atoms in total. The highest BCUT2D eigenvalue weighted by atomic mass is 16.6. The summed E-state index contributed by atoms with van der Waals surface area (Å²) in [5.41, 5.74) is 2.90. The van der Waals surface area contributed by atoms with E-state index in [1.54, 1.807) is 12.1 Å².